The lowest BCUT2D eigenvalue weighted by Gasteiger charge is -2.30. The van der Waals surface area contributed by atoms with Gasteiger partial charge in [-0.1, -0.05) is 0 Å². The summed E-state index contributed by atoms with van der Waals surface area (Å²) in [6.45, 7) is 4.47. The number of hydrogen-bond donors (Lipinski definition) is 0. The van der Waals surface area contributed by atoms with Crippen molar-refractivity contribution in [2.45, 2.75) is 12.8 Å². The maximum Gasteiger partial charge on any atom is 0.310 e. The minimum absolute atomic E-state index is 0.163. The van der Waals surface area contributed by atoms with Gasteiger partial charge in [0.05, 0.1) is 13.0 Å². The quantitative estimate of drug-likeness (QED) is 0.548. The first kappa shape index (κ1) is 10.0. The number of rotatable bonds is 1. The fraction of sp³-hybridized carbons (Fsp3) is 0.667. The van der Waals surface area contributed by atoms with Crippen molar-refractivity contribution in [2.75, 3.05) is 20.2 Å². The van der Waals surface area contributed by atoms with Gasteiger partial charge in [-0.2, -0.15) is 0 Å². The molecule has 0 aromatic carbocycles. The highest BCUT2D eigenvalue weighted by molar-refractivity contribution is 5.81. The molecule has 0 aromatic rings. The summed E-state index contributed by atoms with van der Waals surface area (Å²) in [5.74, 6) is -0.607. The van der Waals surface area contributed by atoms with E-state index in [2.05, 4.69) is 11.7 Å². The summed E-state index contributed by atoms with van der Waals surface area (Å²) in [7, 11) is 1.37. The van der Waals surface area contributed by atoms with Gasteiger partial charge < -0.3 is 9.64 Å². The third-order valence-electron chi connectivity index (χ3n) is 2.31. The Kier molecular flexibility index (Phi) is 3.28. The maximum atomic E-state index is 11.2. The smallest absolute Gasteiger partial charge is 0.310 e. The van der Waals surface area contributed by atoms with Crippen molar-refractivity contribution in [1.29, 1.82) is 0 Å². The Morgan fingerprint density at radius 2 is 2.23 bits per heavy atom. The normalized spacial score (nSPS) is 22.6. The lowest BCUT2D eigenvalue weighted by Crippen LogP contribution is -2.41. The lowest BCUT2D eigenvalue weighted by atomic mass is 9.98. The van der Waals surface area contributed by atoms with Gasteiger partial charge in [-0.05, 0) is 12.8 Å². The maximum absolute atomic E-state index is 11.2. The first-order valence-electron chi connectivity index (χ1n) is 4.34. The summed E-state index contributed by atoms with van der Waals surface area (Å²) < 4.78 is 4.62. The van der Waals surface area contributed by atoms with E-state index in [-0.39, 0.29) is 17.8 Å². The molecule has 0 spiro atoms. The summed E-state index contributed by atoms with van der Waals surface area (Å²) in [6.07, 6.45) is 1.65. The molecule has 1 aliphatic heterocycles. The van der Waals surface area contributed by atoms with E-state index in [4.69, 9.17) is 0 Å². The van der Waals surface area contributed by atoms with Crippen LogP contribution in [0.4, 0.5) is 0 Å². The largest absolute Gasteiger partial charge is 0.469 e. The first-order chi connectivity index (χ1) is 6.15. The van der Waals surface area contributed by atoms with Gasteiger partial charge in [0.15, 0.2) is 0 Å². The topological polar surface area (TPSA) is 46.6 Å². The van der Waals surface area contributed by atoms with E-state index in [9.17, 15) is 9.59 Å². The van der Waals surface area contributed by atoms with Gasteiger partial charge in [0.2, 0.25) is 5.91 Å². The molecule has 0 aromatic heterocycles. The van der Waals surface area contributed by atoms with E-state index in [0.717, 1.165) is 12.8 Å². The molecule has 1 atom stereocenters. The summed E-state index contributed by atoms with van der Waals surface area (Å²) in [5.41, 5.74) is 0. The number of carbonyl (C=O) groups excluding carboxylic acids is 2. The molecule has 1 unspecified atom stereocenters. The third-order valence-corrected chi connectivity index (χ3v) is 2.31. The summed E-state index contributed by atoms with van der Waals surface area (Å²) in [6, 6.07) is 0. The summed E-state index contributed by atoms with van der Waals surface area (Å²) in [5, 5.41) is 0. The minimum atomic E-state index is -0.231. The van der Waals surface area contributed by atoms with Crippen LogP contribution in [0.1, 0.15) is 12.8 Å². The molecule has 0 aliphatic carbocycles. The number of likely N-dealkylation sites (tertiary alicyclic amines) is 1. The van der Waals surface area contributed by atoms with Gasteiger partial charge >= 0.3 is 5.97 Å². The molecule has 73 valence electrons. The fourth-order valence-electron chi connectivity index (χ4n) is 1.56. The average molecular weight is 184 g/mol. The third kappa shape index (κ3) is 2.44. The number of hydrogen-bond acceptors (Lipinski definition) is 3. The van der Waals surface area contributed by atoms with Crippen LogP contribution in [0.25, 0.3) is 0 Å². The molecular formula is C9H14NO3. The van der Waals surface area contributed by atoms with E-state index < -0.39 is 0 Å². The number of carbonyl (C=O) groups is 2. The predicted octanol–water partition coefficient (Wildman–Crippen LogP) is 0.232. The molecule has 1 heterocycles. The van der Waals surface area contributed by atoms with Crippen LogP contribution >= 0.6 is 0 Å². The molecule has 1 fully saturated rings. The Labute approximate surface area is 77.8 Å². The Bertz CT molecular complexity index is 215. The van der Waals surface area contributed by atoms with Crippen molar-refractivity contribution in [3.8, 4) is 0 Å². The van der Waals surface area contributed by atoms with Gasteiger partial charge in [0.25, 0.3) is 0 Å². The lowest BCUT2D eigenvalue weighted by molar-refractivity contribution is -0.148. The highest BCUT2D eigenvalue weighted by Gasteiger charge is 2.27. The highest BCUT2D eigenvalue weighted by Crippen LogP contribution is 2.17. The average Bonchev–Trinajstić information content (AvgIpc) is 2.17. The van der Waals surface area contributed by atoms with Crippen LogP contribution in [-0.4, -0.2) is 37.0 Å². The van der Waals surface area contributed by atoms with Crippen LogP contribution < -0.4 is 0 Å². The monoisotopic (exact) mass is 184 g/mol. The number of methoxy groups -OCH3 is 1. The molecule has 1 saturated heterocycles. The van der Waals surface area contributed by atoms with Gasteiger partial charge in [-0.25, -0.2) is 0 Å². The molecule has 1 radical (unpaired) electrons. The number of piperidine rings is 1. The zero-order valence-corrected chi connectivity index (χ0v) is 7.78. The van der Waals surface area contributed by atoms with Crippen molar-refractivity contribution < 1.29 is 14.3 Å². The van der Waals surface area contributed by atoms with E-state index >= 15 is 0 Å². The van der Waals surface area contributed by atoms with Crippen LogP contribution in [0.3, 0.4) is 0 Å². The molecule has 0 bridgehead atoms. The zero-order chi connectivity index (χ0) is 9.84. The molecule has 4 nitrogen and oxygen atoms in total. The van der Waals surface area contributed by atoms with Crippen molar-refractivity contribution >= 4 is 11.9 Å². The standard InChI is InChI=1S/C9H14NO3/c1-7(11)10-5-3-4-8(6-10)9(12)13-2/h8H,1,3-6H2,2H3. The molecule has 4 heteroatoms. The molecule has 1 amide bonds. The van der Waals surface area contributed by atoms with Crippen molar-refractivity contribution in [3.63, 3.8) is 0 Å². The second-order valence-corrected chi connectivity index (χ2v) is 3.20. The second-order valence-electron chi connectivity index (χ2n) is 3.20. The molecule has 1 aliphatic rings. The first-order valence-corrected chi connectivity index (χ1v) is 4.34. The Balaban J connectivity index is 2.51. The van der Waals surface area contributed by atoms with E-state index in [1.54, 1.807) is 4.90 Å². The van der Waals surface area contributed by atoms with Crippen LogP contribution in [0.15, 0.2) is 0 Å². The van der Waals surface area contributed by atoms with E-state index in [1.165, 1.54) is 7.11 Å². The van der Waals surface area contributed by atoms with Gasteiger partial charge in [-0.3, -0.25) is 9.59 Å². The van der Waals surface area contributed by atoms with Crippen LogP contribution in [0.2, 0.25) is 0 Å². The van der Waals surface area contributed by atoms with Crippen LogP contribution in [0.5, 0.6) is 0 Å². The summed E-state index contributed by atoms with van der Waals surface area (Å²) >= 11 is 0. The Hall–Kier alpha value is -1.06. The second kappa shape index (κ2) is 4.25. The molecule has 0 saturated carbocycles. The molecule has 13 heavy (non-hydrogen) atoms. The number of ether oxygens (including phenoxy) is 1. The molecule has 0 N–H and O–H groups in total. The summed E-state index contributed by atoms with van der Waals surface area (Å²) in [4.78, 5) is 23.7. The van der Waals surface area contributed by atoms with Crippen molar-refractivity contribution in [2.24, 2.45) is 5.92 Å². The number of esters is 1. The number of nitrogens with zero attached hydrogens (tertiary/aromatic N) is 1. The Morgan fingerprint density at radius 1 is 1.54 bits per heavy atom. The van der Waals surface area contributed by atoms with Crippen LogP contribution in [0, 0.1) is 12.8 Å². The van der Waals surface area contributed by atoms with Crippen molar-refractivity contribution in [1.82, 2.24) is 4.90 Å². The Morgan fingerprint density at radius 3 is 2.77 bits per heavy atom. The van der Waals surface area contributed by atoms with Crippen molar-refractivity contribution in [3.05, 3.63) is 6.92 Å². The van der Waals surface area contributed by atoms with Gasteiger partial charge in [-0.15, -0.1) is 0 Å². The van der Waals surface area contributed by atoms with Gasteiger partial charge in [0.1, 0.15) is 0 Å². The fourth-order valence-corrected chi connectivity index (χ4v) is 1.56. The minimum Gasteiger partial charge on any atom is -0.469 e. The zero-order valence-electron chi connectivity index (χ0n) is 7.78. The van der Waals surface area contributed by atoms with Gasteiger partial charge in [0, 0.05) is 20.0 Å². The molecule has 1 rings (SSSR count). The van der Waals surface area contributed by atoms with Crippen LogP contribution in [-0.2, 0) is 14.3 Å². The SMILES string of the molecule is [CH2]C(=O)N1CCCC(C(=O)OC)C1. The van der Waals surface area contributed by atoms with E-state index in [1.807, 2.05) is 0 Å². The van der Waals surface area contributed by atoms with E-state index in [0.29, 0.717) is 13.1 Å². The highest BCUT2D eigenvalue weighted by atomic mass is 16.5. The molecular weight excluding hydrogens is 170 g/mol. The number of amides is 1. The predicted molar refractivity (Wildman–Crippen MR) is 46.7 cm³/mol.